The monoisotopic (exact) mass is 524 g/mol. The number of benzene rings is 1. The lowest BCUT2D eigenvalue weighted by atomic mass is 10.1. The van der Waals surface area contributed by atoms with Gasteiger partial charge >= 0.3 is 11.9 Å². The van der Waals surface area contributed by atoms with Gasteiger partial charge in [-0.15, -0.1) is 0 Å². The van der Waals surface area contributed by atoms with Crippen molar-refractivity contribution in [3.8, 4) is 5.75 Å². The first kappa shape index (κ1) is 27.3. The van der Waals surface area contributed by atoms with Crippen LogP contribution in [0, 0.1) is 5.82 Å². The molecule has 2 aliphatic heterocycles. The summed E-state index contributed by atoms with van der Waals surface area (Å²) in [6.07, 6.45) is 1.34. The fourth-order valence-corrected chi connectivity index (χ4v) is 4.37. The van der Waals surface area contributed by atoms with Gasteiger partial charge in [-0.05, 0) is 20.0 Å². The first-order valence-electron chi connectivity index (χ1n) is 11.3. The van der Waals surface area contributed by atoms with Crippen molar-refractivity contribution < 1.29 is 33.7 Å². The van der Waals surface area contributed by atoms with Gasteiger partial charge in [0.15, 0.2) is 11.6 Å². The van der Waals surface area contributed by atoms with Crippen LogP contribution < -0.4 is 20.4 Å². The number of aliphatic carboxylic acids is 1. The molecule has 0 radical (unpaired) electrons. The van der Waals surface area contributed by atoms with E-state index in [4.69, 9.17) is 9.84 Å². The predicted molar refractivity (Wildman–Crippen MR) is 134 cm³/mol. The quantitative estimate of drug-likeness (QED) is 0.422. The van der Waals surface area contributed by atoms with Crippen LogP contribution in [0.2, 0.25) is 0 Å². The number of thiol groups is 1. The molecule has 1 saturated heterocycles. The Balaban J connectivity index is 0.000000308. The number of likely N-dealkylation sites (N-methyl/N-ethyl adjacent to an activating group) is 1. The number of hydrogen-bond acceptors (Lipinski definition) is 8. The molecule has 0 saturated carbocycles. The maximum Gasteiger partial charge on any atom is 0.341 e. The molecule has 3 heterocycles. The van der Waals surface area contributed by atoms with Crippen LogP contribution in [0.15, 0.2) is 17.1 Å². The molecule has 1 aromatic heterocycles. The maximum absolute atomic E-state index is 15.0. The Morgan fingerprint density at radius 2 is 1.89 bits per heavy atom. The molecule has 196 valence electrons. The van der Waals surface area contributed by atoms with Crippen molar-refractivity contribution in [2.24, 2.45) is 0 Å². The summed E-state index contributed by atoms with van der Waals surface area (Å²) in [5.41, 5.74) is -0.224. The number of amides is 1. The first-order valence-corrected chi connectivity index (χ1v) is 11.9. The van der Waals surface area contributed by atoms with Gasteiger partial charge in [0.1, 0.15) is 23.9 Å². The van der Waals surface area contributed by atoms with Gasteiger partial charge in [-0.25, -0.2) is 14.0 Å². The third kappa shape index (κ3) is 5.57. The van der Waals surface area contributed by atoms with Crippen molar-refractivity contribution >= 4 is 47.1 Å². The van der Waals surface area contributed by atoms with Gasteiger partial charge in [0.2, 0.25) is 11.3 Å². The van der Waals surface area contributed by atoms with E-state index < -0.39 is 29.2 Å². The van der Waals surface area contributed by atoms with E-state index in [1.807, 2.05) is 18.9 Å². The zero-order valence-corrected chi connectivity index (χ0v) is 21.0. The first-order chi connectivity index (χ1) is 17.0. The minimum absolute atomic E-state index is 0.0434. The topological polar surface area (TPSA) is 141 Å². The van der Waals surface area contributed by atoms with E-state index in [0.717, 1.165) is 19.2 Å². The number of rotatable bonds is 5. The average Bonchev–Trinajstić information content (AvgIpc) is 2.81. The second kappa shape index (κ2) is 11.2. The van der Waals surface area contributed by atoms with E-state index in [-0.39, 0.29) is 35.3 Å². The number of carbonyl (C=O) groups excluding carboxylic acids is 1. The summed E-state index contributed by atoms with van der Waals surface area (Å²) in [5.74, 6) is -2.86. The minimum atomic E-state index is -1.32. The van der Waals surface area contributed by atoms with Crippen LogP contribution in [-0.2, 0) is 9.59 Å². The SMILES string of the molecule is CC(=O)N[C@@H](CS)C(=O)O.C[C@H]1COc2c(N3CCN(C)CC3)c(F)cc3c(=O)c(C(=O)O)cn1c23. The second-order valence-corrected chi connectivity index (χ2v) is 9.11. The molecule has 3 N–H and O–H groups in total. The Morgan fingerprint density at radius 3 is 2.39 bits per heavy atom. The molecule has 2 aromatic rings. The largest absolute Gasteiger partial charge is 0.487 e. The summed E-state index contributed by atoms with van der Waals surface area (Å²) in [4.78, 5) is 48.6. The van der Waals surface area contributed by atoms with Crippen molar-refractivity contribution in [2.75, 3.05) is 50.5 Å². The molecule has 1 amide bonds. The molecule has 36 heavy (non-hydrogen) atoms. The number of carboxylic acids is 2. The zero-order valence-electron chi connectivity index (χ0n) is 20.2. The van der Waals surface area contributed by atoms with Crippen molar-refractivity contribution in [1.82, 2.24) is 14.8 Å². The van der Waals surface area contributed by atoms with Crippen LogP contribution in [0.5, 0.6) is 5.75 Å². The number of nitrogens with one attached hydrogen (secondary N) is 1. The van der Waals surface area contributed by atoms with Gasteiger partial charge in [0.25, 0.3) is 0 Å². The van der Waals surface area contributed by atoms with Gasteiger partial charge in [0, 0.05) is 45.1 Å². The van der Waals surface area contributed by atoms with E-state index in [1.54, 1.807) is 4.57 Å². The molecule has 13 heteroatoms. The fourth-order valence-electron chi connectivity index (χ4n) is 4.12. The standard InChI is InChI=1S/C18H20FN3O4.C5H9NO3S/c1-10-9-26-17-14-11(16(23)12(18(24)25)8-22(10)14)7-13(19)15(17)21-5-3-20(2)4-6-21;1-3(7)6-4(2-10)5(8)9/h7-8,10H,3-6,9H2,1-2H3,(H,24,25);4,10H,2H2,1H3,(H,6,7)(H,8,9)/t10-;4-/m00/s1. The molecular formula is C23H29FN4O7S. The normalized spacial score (nSPS) is 18.0. The number of aromatic carboxylic acids is 1. The second-order valence-electron chi connectivity index (χ2n) is 8.74. The highest BCUT2D eigenvalue weighted by atomic mass is 32.1. The maximum atomic E-state index is 15.0. The summed E-state index contributed by atoms with van der Waals surface area (Å²) < 4.78 is 22.6. The number of carbonyl (C=O) groups is 3. The molecule has 11 nitrogen and oxygen atoms in total. The molecule has 2 aliphatic rings. The number of pyridine rings is 1. The molecule has 0 aliphatic carbocycles. The molecule has 2 atom stereocenters. The Hall–Kier alpha value is -3.32. The summed E-state index contributed by atoms with van der Waals surface area (Å²) in [6, 6.07) is 0.120. The predicted octanol–water partition coefficient (Wildman–Crippen LogP) is 1.05. The molecule has 1 fully saturated rings. The number of ether oxygens (including phenoxy) is 1. The highest BCUT2D eigenvalue weighted by Gasteiger charge is 2.31. The van der Waals surface area contributed by atoms with Crippen molar-refractivity contribution in [3.05, 3.63) is 33.9 Å². The van der Waals surface area contributed by atoms with E-state index >= 15 is 0 Å². The Labute approximate surface area is 211 Å². The molecule has 0 bridgehead atoms. The summed E-state index contributed by atoms with van der Waals surface area (Å²) in [7, 11) is 2.02. The van der Waals surface area contributed by atoms with Crippen molar-refractivity contribution in [2.45, 2.75) is 25.9 Å². The number of nitrogens with zero attached hydrogens (tertiary/aromatic N) is 3. The zero-order chi connectivity index (χ0) is 26.7. The number of aromatic nitrogens is 1. The number of anilines is 1. The third-order valence-corrected chi connectivity index (χ3v) is 6.42. The summed E-state index contributed by atoms with van der Waals surface area (Å²) in [5, 5.41) is 19.9. The van der Waals surface area contributed by atoms with Crippen LogP contribution in [0.1, 0.15) is 30.2 Å². The van der Waals surface area contributed by atoms with Crippen LogP contribution in [0.3, 0.4) is 0 Å². The highest BCUT2D eigenvalue weighted by Crippen LogP contribution is 2.42. The lowest BCUT2D eigenvalue weighted by Gasteiger charge is -2.37. The average molecular weight is 525 g/mol. The smallest absolute Gasteiger partial charge is 0.341 e. The molecule has 0 spiro atoms. The van der Waals surface area contributed by atoms with Gasteiger partial charge in [-0.2, -0.15) is 12.6 Å². The lowest BCUT2D eigenvalue weighted by molar-refractivity contribution is -0.140. The molecular weight excluding hydrogens is 495 g/mol. The van der Waals surface area contributed by atoms with Crippen molar-refractivity contribution in [1.29, 1.82) is 0 Å². The van der Waals surface area contributed by atoms with Crippen molar-refractivity contribution in [3.63, 3.8) is 0 Å². The van der Waals surface area contributed by atoms with E-state index in [0.29, 0.717) is 30.0 Å². The van der Waals surface area contributed by atoms with Crippen LogP contribution >= 0.6 is 12.6 Å². The molecule has 4 rings (SSSR count). The van der Waals surface area contributed by atoms with E-state index in [9.17, 15) is 28.7 Å². The van der Waals surface area contributed by atoms with E-state index in [1.165, 1.54) is 13.1 Å². The van der Waals surface area contributed by atoms with Crippen LogP contribution in [0.25, 0.3) is 10.9 Å². The minimum Gasteiger partial charge on any atom is -0.487 e. The van der Waals surface area contributed by atoms with Gasteiger partial charge in [-0.1, -0.05) is 0 Å². The number of carboxylic acid groups (broad SMARTS) is 2. The van der Waals surface area contributed by atoms with Gasteiger partial charge in [-0.3, -0.25) is 9.59 Å². The van der Waals surface area contributed by atoms with E-state index in [2.05, 4.69) is 22.8 Å². The van der Waals surface area contributed by atoms with Gasteiger partial charge in [0.05, 0.1) is 16.9 Å². The number of halogens is 1. The molecule has 1 aromatic carbocycles. The summed E-state index contributed by atoms with van der Waals surface area (Å²) in [6.45, 7) is 6.34. The fraction of sp³-hybridized carbons (Fsp3) is 0.478. The Kier molecular flexibility index (Phi) is 8.46. The Bertz CT molecular complexity index is 1240. The Morgan fingerprint density at radius 1 is 1.25 bits per heavy atom. The summed E-state index contributed by atoms with van der Waals surface area (Å²) >= 11 is 3.73. The van der Waals surface area contributed by atoms with Crippen LogP contribution in [0.4, 0.5) is 10.1 Å². The molecule has 0 unspecified atom stereocenters. The van der Waals surface area contributed by atoms with Crippen LogP contribution in [-0.4, -0.2) is 89.2 Å². The third-order valence-electron chi connectivity index (χ3n) is 6.05. The lowest BCUT2D eigenvalue weighted by Crippen LogP contribution is -2.45. The van der Waals surface area contributed by atoms with Gasteiger partial charge < -0.3 is 34.6 Å². The number of hydrogen-bond donors (Lipinski definition) is 4. The highest BCUT2D eigenvalue weighted by molar-refractivity contribution is 7.80. The number of piperazine rings is 1.